The van der Waals surface area contributed by atoms with E-state index in [0.29, 0.717) is 5.66 Å². The van der Waals surface area contributed by atoms with E-state index in [1.54, 1.807) is 0 Å². The fourth-order valence-electron chi connectivity index (χ4n) is 2.97. The first kappa shape index (κ1) is 14.9. The highest BCUT2D eigenvalue weighted by atomic mass is 31.1. The third-order valence-corrected chi connectivity index (χ3v) is 5.76. The Bertz CT molecular complexity index is 379. The Hall–Kier alpha value is -0.550. The molecule has 19 heavy (non-hydrogen) atoms. The Labute approximate surface area is 119 Å². The summed E-state index contributed by atoms with van der Waals surface area (Å²) < 4.78 is 6.36. The lowest BCUT2D eigenvalue weighted by Gasteiger charge is -2.37. The van der Waals surface area contributed by atoms with E-state index in [2.05, 4.69) is 44.8 Å². The van der Waals surface area contributed by atoms with E-state index < -0.39 is 0 Å². The van der Waals surface area contributed by atoms with Crippen LogP contribution in [0.1, 0.15) is 63.6 Å². The zero-order chi connectivity index (χ0) is 13.7. The van der Waals surface area contributed by atoms with Crippen LogP contribution < -0.4 is 4.74 Å². The molecule has 1 aromatic rings. The van der Waals surface area contributed by atoms with Gasteiger partial charge < -0.3 is 4.74 Å². The lowest BCUT2D eigenvalue weighted by atomic mass is 9.82. The van der Waals surface area contributed by atoms with Gasteiger partial charge in [-0.25, -0.2) is 0 Å². The van der Waals surface area contributed by atoms with Crippen molar-refractivity contribution in [1.29, 1.82) is 0 Å². The van der Waals surface area contributed by atoms with Gasteiger partial charge in [0.2, 0.25) is 0 Å². The van der Waals surface area contributed by atoms with E-state index >= 15 is 0 Å². The minimum atomic E-state index is 0.109. The number of hydrogen-bond donors (Lipinski definition) is 0. The van der Waals surface area contributed by atoms with Gasteiger partial charge in [0.15, 0.2) is 0 Å². The highest BCUT2D eigenvalue weighted by molar-refractivity contribution is 7.37. The van der Waals surface area contributed by atoms with Crippen LogP contribution in [0.3, 0.4) is 0 Å². The summed E-state index contributed by atoms with van der Waals surface area (Å²) in [5, 5.41) is 0. The average Bonchev–Trinajstić information content (AvgIpc) is 2.48. The van der Waals surface area contributed by atoms with Gasteiger partial charge >= 0.3 is 0 Å². The molecule has 1 fully saturated rings. The SMILES string of the molecule is CCC1(Oc2ccc(C(C)PC)cc2)CCCCC1. The summed E-state index contributed by atoms with van der Waals surface area (Å²) in [5.74, 6) is 1.05. The van der Waals surface area contributed by atoms with Crippen molar-refractivity contribution in [2.75, 3.05) is 6.66 Å². The molecule has 0 aliphatic heterocycles. The van der Waals surface area contributed by atoms with E-state index in [-0.39, 0.29) is 5.60 Å². The van der Waals surface area contributed by atoms with E-state index in [1.165, 1.54) is 37.7 Å². The largest absolute Gasteiger partial charge is 0.487 e. The molecule has 0 N–H and O–H groups in total. The van der Waals surface area contributed by atoms with Crippen LogP contribution >= 0.6 is 8.58 Å². The Morgan fingerprint density at radius 2 is 1.79 bits per heavy atom. The smallest absolute Gasteiger partial charge is 0.120 e. The number of ether oxygens (including phenoxy) is 1. The third kappa shape index (κ3) is 3.72. The molecule has 0 bridgehead atoms. The van der Waals surface area contributed by atoms with Crippen molar-refractivity contribution in [3.8, 4) is 5.75 Å². The Balaban J connectivity index is 2.05. The number of hydrogen-bond acceptors (Lipinski definition) is 1. The van der Waals surface area contributed by atoms with Gasteiger partial charge in [-0.15, -0.1) is 8.58 Å². The summed E-state index contributed by atoms with van der Waals surface area (Å²) in [6.45, 7) is 6.83. The second-order valence-electron chi connectivity index (χ2n) is 5.78. The first-order valence-corrected chi connectivity index (χ1v) is 9.23. The van der Waals surface area contributed by atoms with Crippen molar-refractivity contribution in [2.45, 2.75) is 63.6 Å². The Kier molecular flexibility index (Phi) is 5.28. The summed E-state index contributed by atoms with van der Waals surface area (Å²) in [6.07, 6.45) is 7.58. The topological polar surface area (TPSA) is 9.23 Å². The van der Waals surface area contributed by atoms with Crippen molar-refractivity contribution in [1.82, 2.24) is 0 Å². The molecular weight excluding hydrogens is 251 g/mol. The number of benzene rings is 1. The van der Waals surface area contributed by atoms with Gasteiger partial charge in [0, 0.05) is 0 Å². The van der Waals surface area contributed by atoms with Gasteiger partial charge in [0.1, 0.15) is 11.4 Å². The first-order chi connectivity index (χ1) is 9.19. The Morgan fingerprint density at radius 3 is 2.32 bits per heavy atom. The first-order valence-electron chi connectivity index (χ1n) is 7.65. The van der Waals surface area contributed by atoms with E-state index in [1.807, 2.05) is 0 Å². The van der Waals surface area contributed by atoms with Crippen LogP contribution in [0.2, 0.25) is 0 Å². The maximum absolute atomic E-state index is 6.36. The van der Waals surface area contributed by atoms with Crippen molar-refractivity contribution in [3.63, 3.8) is 0 Å². The minimum Gasteiger partial charge on any atom is -0.487 e. The Morgan fingerprint density at radius 1 is 1.16 bits per heavy atom. The molecule has 1 saturated carbocycles. The predicted molar refractivity (Wildman–Crippen MR) is 85.8 cm³/mol. The lowest BCUT2D eigenvalue weighted by molar-refractivity contribution is 0.0265. The summed E-state index contributed by atoms with van der Waals surface area (Å²) in [4.78, 5) is 0. The monoisotopic (exact) mass is 278 g/mol. The lowest BCUT2D eigenvalue weighted by Crippen LogP contribution is -2.37. The summed E-state index contributed by atoms with van der Waals surface area (Å²) in [5.41, 5.74) is 2.21. The molecule has 2 unspecified atom stereocenters. The average molecular weight is 278 g/mol. The van der Waals surface area contributed by atoms with E-state index in [9.17, 15) is 0 Å². The molecular formula is C17H27OP. The highest BCUT2D eigenvalue weighted by Gasteiger charge is 2.32. The zero-order valence-corrected chi connectivity index (χ0v) is 13.5. The molecule has 1 nitrogen and oxygen atoms in total. The predicted octanol–water partition coefficient (Wildman–Crippen LogP) is 5.55. The van der Waals surface area contributed by atoms with Crippen molar-refractivity contribution in [3.05, 3.63) is 29.8 Å². The normalized spacial score (nSPS) is 20.6. The van der Waals surface area contributed by atoms with Crippen LogP contribution in [-0.4, -0.2) is 12.3 Å². The van der Waals surface area contributed by atoms with Crippen LogP contribution in [-0.2, 0) is 0 Å². The molecule has 0 amide bonds. The third-order valence-electron chi connectivity index (χ3n) is 4.56. The van der Waals surface area contributed by atoms with Crippen LogP contribution in [0.4, 0.5) is 0 Å². The van der Waals surface area contributed by atoms with Gasteiger partial charge in [-0.2, -0.15) is 0 Å². The molecule has 0 spiro atoms. The maximum atomic E-state index is 6.36. The van der Waals surface area contributed by atoms with Crippen molar-refractivity contribution in [2.24, 2.45) is 0 Å². The summed E-state index contributed by atoms with van der Waals surface area (Å²) in [6, 6.07) is 8.81. The molecule has 1 aliphatic carbocycles. The van der Waals surface area contributed by atoms with Gasteiger partial charge in [-0.1, -0.05) is 32.4 Å². The van der Waals surface area contributed by atoms with Crippen molar-refractivity contribution < 1.29 is 4.74 Å². The van der Waals surface area contributed by atoms with Crippen LogP contribution in [0.5, 0.6) is 5.75 Å². The number of rotatable bonds is 5. The summed E-state index contributed by atoms with van der Waals surface area (Å²) in [7, 11) is 0.964. The van der Waals surface area contributed by atoms with Crippen LogP contribution in [0, 0.1) is 0 Å². The standard InChI is InChI=1S/C17H27OP/c1-4-17(12-6-5-7-13-17)18-16-10-8-15(9-11-16)14(2)19-3/h8-11,14,19H,4-7,12-13H2,1-3H3. The van der Waals surface area contributed by atoms with Crippen molar-refractivity contribution >= 4 is 8.58 Å². The van der Waals surface area contributed by atoms with Gasteiger partial charge in [0.05, 0.1) is 0 Å². The minimum absolute atomic E-state index is 0.109. The molecule has 2 heteroatoms. The zero-order valence-electron chi connectivity index (χ0n) is 12.5. The molecule has 0 heterocycles. The molecule has 0 radical (unpaired) electrons. The van der Waals surface area contributed by atoms with Gasteiger partial charge in [-0.05, 0) is 62.1 Å². The van der Waals surface area contributed by atoms with E-state index in [0.717, 1.165) is 20.8 Å². The van der Waals surface area contributed by atoms with Gasteiger partial charge in [-0.3, -0.25) is 0 Å². The van der Waals surface area contributed by atoms with Crippen LogP contribution in [0.15, 0.2) is 24.3 Å². The maximum Gasteiger partial charge on any atom is 0.120 e. The molecule has 0 saturated heterocycles. The quantitative estimate of drug-likeness (QED) is 0.642. The fraction of sp³-hybridized carbons (Fsp3) is 0.647. The molecule has 2 rings (SSSR count). The molecule has 0 aromatic heterocycles. The van der Waals surface area contributed by atoms with Gasteiger partial charge in [0.25, 0.3) is 0 Å². The molecule has 1 aliphatic rings. The van der Waals surface area contributed by atoms with E-state index in [4.69, 9.17) is 4.74 Å². The second kappa shape index (κ2) is 6.75. The molecule has 2 atom stereocenters. The second-order valence-corrected chi connectivity index (χ2v) is 7.22. The molecule has 106 valence electrons. The van der Waals surface area contributed by atoms with Crippen LogP contribution in [0.25, 0.3) is 0 Å². The summed E-state index contributed by atoms with van der Waals surface area (Å²) >= 11 is 0. The highest BCUT2D eigenvalue weighted by Crippen LogP contribution is 2.37. The fourth-order valence-corrected chi connectivity index (χ4v) is 3.49. The molecule has 1 aromatic carbocycles.